The summed E-state index contributed by atoms with van der Waals surface area (Å²) in [6, 6.07) is 13.7. The maximum Gasteiger partial charge on any atom is 0.337 e. The van der Waals surface area contributed by atoms with E-state index in [9.17, 15) is 14.0 Å². The van der Waals surface area contributed by atoms with Gasteiger partial charge in [0.1, 0.15) is 5.82 Å². The molecule has 2 aromatic rings. The lowest BCUT2D eigenvalue weighted by Crippen LogP contribution is -2.36. The number of ketones is 1. The number of benzene rings is 2. The molecule has 1 fully saturated rings. The highest BCUT2D eigenvalue weighted by atomic mass is 19.1. The van der Waals surface area contributed by atoms with Crippen molar-refractivity contribution in [1.29, 1.82) is 0 Å². The number of hydrogen-bond acceptors (Lipinski definition) is 4. The monoisotopic (exact) mass is 341 g/mol. The second kappa shape index (κ2) is 7.57. The van der Waals surface area contributed by atoms with E-state index in [1.165, 1.54) is 19.2 Å². The van der Waals surface area contributed by atoms with E-state index in [0.717, 1.165) is 24.6 Å². The summed E-state index contributed by atoms with van der Waals surface area (Å²) in [5.41, 5.74) is 1.54. The number of hydrogen-bond donors (Lipinski definition) is 1. The second-order valence-corrected chi connectivity index (χ2v) is 6.18. The van der Waals surface area contributed by atoms with Crippen LogP contribution in [0.15, 0.2) is 48.5 Å². The van der Waals surface area contributed by atoms with Gasteiger partial charge in [-0.25, -0.2) is 9.18 Å². The Morgan fingerprint density at radius 2 is 1.96 bits per heavy atom. The minimum atomic E-state index is -0.599. The fourth-order valence-corrected chi connectivity index (χ4v) is 3.33. The van der Waals surface area contributed by atoms with Gasteiger partial charge in [0.2, 0.25) is 0 Å². The number of Topliss-reactive ketones (excluding diaryl/α,β-unsaturated/α-hetero) is 1. The number of methoxy groups -OCH3 is 1. The van der Waals surface area contributed by atoms with Crippen LogP contribution < -0.4 is 5.32 Å². The molecule has 4 nitrogen and oxygen atoms in total. The minimum absolute atomic E-state index is 0.00567. The molecule has 25 heavy (non-hydrogen) atoms. The molecule has 5 heteroatoms. The van der Waals surface area contributed by atoms with E-state index in [2.05, 4.69) is 10.1 Å². The summed E-state index contributed by atoms with van der Waals surface area (Å²) < 4.78 is 18.8. The Balaban J connectivity index is 1.74. The van der Waals surface area contributed by atoms with Gasteiger partial charge in [-0.1, -0.05) is 36.4 Å². The topological polar surface area (TPSA) is 55.4 Å². The van der Waals surface area contributed by atoms with E-state index < -0.39 is 11.8 Å². The van der Waals surface area contributed by atoms with Gasteiger partial charge in [0.25, 0.3) is 0 Å². The molecule has 0 amide bonds. The Hall–Kier alpha value is -2.53. The number of nitrogens with one attached hydrogen (secondary N) is 1. The first-order valence-corrected chi connectivity index (χ1v) is 8.28. The van der Waals surface area contributed by atoms with Gasteiger partial charge < -0.3 is 10.1 Å². The summed E-state index contributed by atoms with van der Waals surface area (Å²) in [4.78, 5) is 24.1. The first kappa shape index (κ1) is 17.3. The average Bonchev–Trinajstić information content (AvgIpc) is 3.13. The summed E-state index contributed by atoms with van der Waals surface area (Å²) in [5.74, 6) is -1.11. The number of esters is 1. The summed E-state index contributed by atoms with van der Waals surface area (Å²) in [6.45, 7) is 0.764. The third-order valence-electron chi connectivity index (χ3n) is 4.64. The number of halogens is 1. The zero-order chi connectivity index (χ0) is 17.8. The Bertz CT molecular complexity index is 776. The van der Waals surface area contributed by atoms with Gasteiger partial charge in [-0.05, 0) is 36.2 Å². The van der Waals surface area contributed by atoms with Crippen molar-refractivity contribution in [3.05, 3.63) is 71.0 Å². The van der Waals surface area contributed by atoms with E-state index in [1.54, 1.807) is 0 Å². The quantitative estimate of drug-likeness (QED) is 0.850. The molecule has 1 aliphatic rings. The van der Waals surface area contributed by atoms with E-state index in [4.69, 9.17) is 0 Å². The van der Waals surface area contributed by atoms with Crippen LogP contribution in [0.2, 0.25) is 0 Å². The maximum absolute atomic E-state index is 14.2. The Kier molecular flexibility index (Phi) is 5.24. The highest BCUT2D eigenvalue weighted by molar-refractivity contribution is 5.90. The van der Waals surface area contributed by atoms with E-state index in [1.807, 2.05) is 30.3 Å². The molecular weight excluding hydrogens is 321 g/mol. The van der Waals surface area contributed by atoms with E-state index >= 15 is 0 Å². The maximum atomic E-state index is 14.2. The largest absolute Gasteiger partial charge is 0.465 e. The molecule has 2 atom stereocenters. The third kappa shape index (κ3) is 3.77. The molecule has 0 spiro atoms. The molecule has 2 aromatic carbocycles. The van der Waals surface area contributed by atoms with E-state index in [0.29, 0.717) is 0 Å². The Morgan fingerprint density at radius 3 is 2.64 bits per heavy atom. The van der Waals surface area contributed by atoms with Crippen LogP contribution in [0.1, 0.15) is 33.8 Å². The van der Waals surface area contributed by atoms with Crippen LogP contribution >= 0.6 is 0 Å². The van der Waals surface area contributed by atoms with Crippen molar-refractivity contribution >= 4 is 11.8 Å². The van der Waals surface area contributed by atoms with Gasteiger partial charge >= 0.3 is 5.97 Å². The van der Waals surface area contributed by atoms with Crippen LogP contribution in [0.4, 0.5) is 4.39 Å². The molecule has 1 heterocycles. The zero-order valence-corrected chi connectivity index (χ0v) is 14.0. The van der Waals surface area contributed by atoms with Gasteiger partial charge in [-0.3, -0.25) is 4.79 Å². The van der Waals surface area contributed by atoms with Crippen LogP contribution in [-0.2, 0) is 16.0 Å². The zero-order valence-electron chi connectivity index (χ0n) is 14.0. The van der Waals surface area contributed by atoms with Crippen molar-refractivity contribution in [2.24, 2.45) is 0 Å². The molecule has 1 N–H and O–H groups in total. The number of ether oxygens (including phenoxy) is 1. The van der Waals surface area contributed by atoms with Gasteiger partial charge in [0.05, 0.1) is 18.7 Å². The molecule has 0 unspecified atom stereocenters. The molecule has 0 saturated carbocycles. The van der Waals surface area contributed by atoms with Crippen LogP contribution in [0, 0.1) is 5.82 Å². The predicted molar refractivity (Wildman–Crippen MR) is 92.0 cm³/mol. The van der Waals surface area contributed by atoms with Crippen LogP contribution in [0.5, 0.6) is 0 Å². The van der Waals surface area contributed by atoms with E-state index in [-0.39, 0.29) is 35.3 Å². The lowest BCUT2D eigenvalue weighted by atomic mass is 9.88. The standard InChI is InChI=1S/C20H20FNO3/c1-25-20(24)15-8-7-14(17(21)11-15)12-18(23)19-16(9-10-22-19)13-5-3-2-4-6-13/h2-8,11,16,19,22H,9-10,12H2,1H3/t16-,19+/m1/s1. The highest BCUT2D eigenvalue weighted by Gasteiger charge is 2.33. The van der Waals surface area contributed by atoms with Crippen LogP contribution in [-0.4, -0.2) is 31.4 Å². The summed E-state index contributed by atoms with van der Waals surface area (Å²) in [7, 11) is 1.24. The molecule has 0 aromatic heterocycles. The molecule has 0 aliphatic carbocycles. The van der Waals surface area contributed by atoms with Crippen molar-refractivity contribution in [3.63, 3.8) is 0 Å². The molecule has 3 rings (SSSR count). The first-order chi connectivity index (χ1) is 12.1. The van der Waals surface area contributed by atoms with Gasteiger partial charge in [0.15, 0.2) is 5.78 Å². The molecule has 0 bridgehead atoms. The molecule has 0 radical (unpaired) electrons. The normalized spacial score (nSPS) is 19.6. The average molecular weight is 341 g/mol. The summed E-state index contributed by atoms with van der Waals surface area (Å²) in [5, 5.41) is 3.24. The predicted octanol–water partition coefficient (Wildman–Crippen LogP) is 2.87. The number of carbonyl (C=O) groups is 2. The molecule has 1 saturated heterocycles. The molecular formula is C20H20FNO3. The Labute approximate surface area is 146 Å². The number of carbonyl (C=O) groups excluding carboxylic acids is 2. The van der Waals surface area contributed by atoms with Crippen molar-refractivity contribution in [2.45, 2.75) is 24.8 Å². The molecule has 1 aliphatic heterocycles. The minimum Gasteiger partial charge on any atom is -0.465 e. The van der Waals surface area contributed by atoms with Crippen molar-refractivity contribution in [1.82, 2.24) is 5.32 Å². The smallest absolute Gasteiger partial charge is 0.337 e. The lowest BCUT2D eigenvalue weighted by molar-refractivity contribution is -0.120. The second-order valence-electron chi connectivity index (χ2n) is 6.18. The first-order valence-electron chi connectivity index (χ1n) is 8.28. The fraction of sp³-hybridized carbons (Fsp3) is 0.300. The Morgan fingerprint density at radius 1 is 1.20 bits per heavy atom. The van der Waals surface area contributed by atoms with Crippen LogP contribution in [0.25, 0.3) is 0 Å². The van der Waals surface area contributed by atoms with Gasteiger partial charge in [-0.2, -0.15) is 0 Å². The van der Waals surface area contributed by atoms with Crippen molar-refractivity contribution in [3.8, 4) is 0 Å². The summed E-state index contributed by atoms with van der Waals surface area (Å²) >= 11 is 0. The van der Waals surface area contributed by atoms with Gasteiger partial charge in [0, 0.05) is 12.3 Å². The van der Waals surface area contributed by atoms with Crippen molar-refractivity contribution in [2.75, 3.05) is 13.7 Å². The molecule has 130 valence electrons. The fourth-order valence-electron chi connectivity index (χ4n) is 3.33. The lowest BCUT2D eigenvalue weighted by Gasteiger charge is -2.19. The third-order valence-corrected chi connectivity index (χ3v) is 4.64. The number of rotatable bonds is 5. The van der Waals surface area contributed by atoms with Crippen molar-refractivity contribution < 1.29 is 18.7 Å². The highest BCUT2D eigenvalue weighted by Crippen LogP contribution is 2.29. The van der Waals surface area contributed by atoms with Crippen LogP contribution in [0.3, 0.4) is 0 Å². The SMILES string of the molecule is COC(=O)c1ccc(CC(=O)[C@H]2NCC[C@@H]2c2ccccc2)c(F)c1. The van der Waals surface area contributed by atoms with Gasteiger partial charge in [-0.15, -0.1) is 0 Å². The summed E-state index contributed by atoms with van der Waals surface area (Å²) in [6.07, 6.45) is 0.873.